The average molecular weight is 234 g/mol. The van der Waals surface area contributed by atoms with Crippen molar-refractivity contribution >= 4 is 17.1 Å². The van der Waals surface area contributed by atoms with Crippen LogP contribution in [0.2, 0.25) is 0 Å². The lowest BCUT2D eigenvalue weighted by molar-refractivity contribution is 0.104. The van der Waals surface area contributed by atoms with Gasteiger partial charge in [0.1, 0.15) is 5.75 Å². The molecule has 0 aliphatic rings. The number of carbonyl (C=O) groups excluding carboxylic acids is 1. The molecule has 0 radical (unpaired) electrons. The van der Waals surface area contributed by atoms with Gasteiger partial charge in [-0.2, -0.15) is 0 Å². The predicted octanol–water partition coefficient (Wildman–Crippen LogP) is 2.17. The van der Waals surface area contributed by atoms with E-state index in [0.717, 1.165) is 0 Å². The minimum Gasteiger partial charge on any atom is -0.492 e. The summed E-state index contributed by atoms with van der Waals surface area (Å²) in [5, 5.41) is 0. The third-order valence-corrected chi connectivity index (χ3v) is 2.71. The molecule has 2 heterocycles. The summed E-state index contributed by atoms with van der Waals surface area (Å²) in [6.45, 7) is 2.44. The molecule has 0 aliphatic heterocycles. The molecular formula is C11H10N2O2S. The molecule has 82 valence electrons. The molecule has 4 nitrogen and oxygen atoms in total. The SMILES string of the molecule is CCOc1cncc(C(=O)c2cncs2)c1. The van der Waals surface area contributed by atoms with Gasteiger partial charge in [0.05, 0.1) is 23.2 Å². The van der Waals surface area contributed by atoms with Crippen LogP contribution >= 0.6 is 11.3 Å². The molecule has 0 atom stereocenters. The van der Waals surface area contributed by atoms with E-state index >= 15 is 0 Å². The van der Waals surface area contributed by atoms with Gasteiger partial charge in [-0.25, -0.2) is 0 Å². The van der Waals surface area contributed by atoms with E-state index < -0.39 is 0 Å². The Morgan fingerprint density at radius 1 is 1.38 bits per heavy atom. The number of hydrogen-bond donors (Lipinski definition) is 0. The molecule has 0 saturated carbocycles. The molecule has 2 rings (SSSR count). The van der Waals surface area contributed by atoms with Crippen molar-refractivity contribution in [3.63, 3.8) is 0 Å². The second-order valence-corrected chi connectivity index (χ2v) is 3.92. The second kappa shape index (κ2) is 4.85. The molecule has 0 N–H and O–H groups in total. The molecule has 0 aliphatic carbocycles. The van der Waals surface area contributed by atoms with Crippen LogP contribution in [-0.2, 0) is 0 Å². The fourth-order valence-corrected chi connectivity index (χ4v) is 1.84. The van der Waals surface area contributed by atoms with Crippen molar-refractivity contribution in [2.75, 3.05) is 6.61 Å². The topological polar surface area (TPSA) is 52.1 Å². The van der Waals surface area contributed by atoms with Crippen LogP contribution in [-0.4, -0.2) is 22.4 Å². The molecule has 2 aromatic heterocycles. The summed E-state index contributed by atoms with van der Waals surface area (Å²) in [5.41, 5.74) is 2.16. The van der Waals surface area contributed by atoms with E-state index in [1.165, 1.54) is 17.5 Å². The Kier molecular flexibility index (Phi) is 3.26. The Hall–Kier alpha value is -1.75. The molecule has 0 spiro atoms. The van der Waals surface area contributed by atoms with Crippen molar-refractivity contribution in [2.24, 2.45) is 0 Å². The molecule has 16 heavy (non-hydrogen) atoms. The molecule has 0 aromatic carbocycles. The van der Waals surface area contributed by atoms with Crippen molar-refractivity contribution in [1.82, 2.24) is 9.97 Å². The lowest BCUT2D eigenvalue weighted by Gasteiger charge is -2.03. The highest BCUT2D eigenvalue weighted by Crippen LogP contribution is 2.16. The van der Waals surface area contributed by atoms with Crippen LogP contribution in [0.25, 0.3) is 0 Å². The molecule has 0 bridgehead atoms. The van der Waals surface area contributed by atoms with Gasteiger partial charge in [-0.1, -0.05) is 0 Å². The van der Waals surface area contributed by atoms with Gasteiger partial charge >= 0.3 is 0 Å². The maximum atomic E-state index is 11.9. The summed E-state index contributed by atoms with van der Waals surface area (Å²) in [6.07, 6.45) is 4.68. The third kappa shape index (κ3) is 2.25. The molecule has 0 saturated heterocycles. The van der Waals surface area contributed by atoms with E-state index in [0.29, 0.717) is 22.8 Å². The Bertz CT molecular complexity index is 482. The standard InChI is InChI=1S/C11H10N2O2S/c1-2-15-9-3-8(4-12-5-9)11(14)10-6-13-7-16-10/h3-7H,2H2,1H3. The monoisotopic (exact) mass is 234 g/mol. The Balaban J connectivity index is 2.27. The van der Waals surface area contributed by atoms with Gasteiger partial charge in [-0.15, -0.1) is 11.3 Å². The first-order valence-corrected chi connectivity index (χ1v) is 5.70. The average Bonchev–Trinajstić information content (AvgIpc) is 2.82. The summed E-state index contributed by atoms with van der Waals surface area (Å²) in [6, 6.07) is 1.69. The number of carbonyl (C=O) groups is 1. The van der Waals surface area contributed by atoms with Crippen molar-refractivity contribution in [3.8, 4) is 5.75 Å². The maximum absolute atomic E-state index is 11.9. The Morgan fingerprint density at radius 2 is 2.25 bits per heavy atom. The number of pyridine rings is 1. The highest BCUT2D eigenvalue weighted by atomic mass is 32.1. The Morgan fingerprint density at radius 3 is 2.94 bits per heavy atom. The third-order valence-electron chi connectivity index (χ3n) is 1.94. The zero-order valence-electron chi connectivity index (χ0n) is 8.71. The van der Waals surface area contributed by atoms with Crippen LogP contribution in [0.1, 0.15) is 22.2 Å². The van der Waals surface area contributed by atoms with Crippen molar-refractivity contribution < 1.29 is 9.53 Å². The van der Waals surface area contributed by atoms with E-state index in [1.54, 1.807) is 24.0 Å². The van der Waals surface area contributed by atoms with Crippen LogP contribution < -0.4 is 4.74 Å². The van der Waals surface area contributed by atoms with E-state index in [-0.39, 0.29) is 5.78 Å². The van der Waals surface area contributed by atoms with Gasteiger partial charge in [0, 0.05) is 18.0 Å². The molecule has 0 fully saturated rings. The highest BCUT2D eigenvalue weighted by molar-refractivity contribution is 7.11. The molecule has 0 amide bonds. The molecule has 5 heteroatoms. The summed E-state index contributed by atoms with van der Waals surface area (Å²) in [5.74, 6) is 0.536. The lowest BCUT2D eigenvalue weighted by Crippen LogP contribution is -2.01. The number of ether oxygens (including phenoxy) is 1. The largest absolute Gasteiger partial charge is 0.492 e. The quantitative estimate of drug-likeness (QED) is 0.761. The van der Waals surface area contributed by atoms with Gasteiger partial charge in [-0.3, -0.25) is 14.8 Å². The predicted molar refractivity (Wildman–Crippen MR) is 61.0 cm³/mol. The van der Waals surface area contributed by atoms with E-state index in [1.807, 2.05) is 6.92 Å². The zero-order chi connectivity index (χ0) is 11.4. The number of hydrogen-bond acceptors (Lipinski definition) is 5. The zero-order valence-corrected chi connectivity index (χ0v) is 9.53. The van der Waals surface area contributed by atoms with Gasteiger partial charge in [0.25, 0.3) is 0 Å². The second-order valence-electron chi connectivity index (χ2n) is 3.04. The van der Waals surface area contributed by atoms with Crippen LogP contribution in [0.3, 0.4) is 0 Å². The van der Waals surface area contributed by atoms with Crippen LogP contribution in [0, 0.1) is 0 Å². The fourth-order valence-electron chi connectivity index (χ4n) is 1.26. The van der Waals surface area contributed by atoms with Crippen molar-refractivity contribution in [3.05, 3.63) is 40.6 Å². The summed E-state index contributed by atoms with van der Waals surface area (Å²) < 4.78 is 5.29. The Labute approximate surface area is 96.9 Å². The van der Waals surface area contributed by atoms with Gasteiger partial charge < -0.3 is 4.74 Å². The molecular weight excluding hydrogens is 224 g/mol. The van der Waals surface area contributed by atoms with Crippen molar-refractivity contribution in [1.29, 1.82) is 0 Å². The fraction of sp³-hybridized carbons (Fsp3) is 0.182. The normalized spacial score (nSPS) is 10.1. The summed E-state index contributed by atoms with van der Waals surface area (Å²) in [4.78, 5) is 20.4. The van der Waals surface area contributed by atoms with Crippen LogP contribution in [0.15, 0.2) is 30.2 Å². The van der Waals surface area contributed by atoms with Crippen LogP contribution in [0.4, 0.5) is 0 Å². The van der Waals surface area contributed by atoms with Crippen molar-refractivity contribution in [2.45, 2.75) is 6.92 Å². The van der Waals surface area contributed by atoms with E-state index in [9.17, 15) is 4.79 Å². The summed E-state index contributed by atoms with van der Waals surface area (Å²) >= 11 is 1.32. The lowest BCUT2D eigenvalue weighted by atomic mass is 10.2. The minimum absolute atomic E-state index is 0.0726. The smallest absolute Gasteiger partial charge is 0.206 e. The first-order valence-electron chi connectivity index (χ1n) is 4.82. The van der Waals surface area contributed by atoms with Gasteiger partial charge in [0.2, 0.25) is 5.78 Å². The molecule has 0 unspecified atom stereocenters. The van der Waals surface area contributed by atoms with Gasteiger partial charge in [-0.05, 0) is 13.0 Å². The molecule has 2 aromatic rings. The highest BCUT2D eigenvalue weighted by Gasteiger charge is 2.11. The van der Waals surface area contributed by atoms with Crippen LogP contribution in [0.5, 0.6) is 5.75 Å². The number of thiazole rings is 1. The number of rotatable bonds is 4. The number of aromatic nitrogens is 2. The summed E-state index contributed by atoms with van der Waals surface area (Å²) in [7, 11) is 0. The van der Waals surface area contributed by atoms with E-state index in [2.05, 4.69) is 9.97 Å². The van der Waals surface area contributed by atoms with E-state index in [4.69, 9.17) is 4.74 Å². The minimum atomic E-state index is -0.0726. The number of nitrogens with zero attached hydrogens (tertiary/aromatic N) is 2. The first kappa shape index (κ1) is 10.8. The first-order chi connectivity index (χ1) is 7.81. The van der Waals surface area contributed by atoms with Gasteiger partial charge in [0.15, 0.2) is 0 Å². The maximum Gasteiger partial charge on any atom is 0.206 e. The number of ketones is 1.